The molecule has 1 N–H and O–H groups in total. The number of hydrogen-bond donors (Lipinski definition) is 1. The van der Waals surface area contributed by atoms with Gasteiger partial charge in [0.25, 0.3) is 11.8 Å². The average Bonchev–Trinajstić information content (AvgIpc) is 3.29. The lowest BCUT2D eigenvalue weighted by Gasteiger charge is -2.33. The van der Waals surface area contributed by atoms with Crippen LogP contribution in [0.3, 0.4) is 0 Å². The fraction of sp³-hybridized carbons (Fsp3) is 0.600. The summed E-state index contributed by atoms with van der Waals surface area (Å²) in [5.41, 5.74) is -0.199. The Morgan fingerprint density at radius 3 is 2.79 bits per heavy atom. The van der Waals surface area contributed by atoms with E-state index in [1.165, 1.54) is 4.90 Å². The zero-order chi connectivity index (χ0) is 19.9. The number of aryl methyl sites for hydroxylation is 1. The molecular weight excluding hydrogens is 361 g/mol. The van der Waals surface area contributed by atoms with Crippen molar-refractivity contribution in [2.75, 3.05) is 13.6 Å². The normalized spacial score (nSPS) is 19.5. The molecule has 2 aliphatic carbocycles. The van der Waals surface area contributed by atoms with E-state index in [2.05, 4.69) is 15.3 Å². The van der Waals surface area contributed by atoms with Crippen molar-refractivity contribution >= 4 is 17.5 Å². The summed E-state index contributed by atoms with van der Waals surface area (Å²) in [4.78, 5) is 35.5. The molecule has 2 aromatic rings. The first-order valence-electron chi connectivity index (χ1n) is 9.94. The van der Waals surface area contributed by atoms with E-state index in [4.69, 9.17) is 0 Å². The van der Waals surface area contributed by atoms with Gasteiger partial charge >= 0.3 is 0 Å². The molecule has 0 bridgehead atoms. The highest BCUT2D eigenvalue weighted by atomic mass is 19.1. The maximum atomic E-state index is 14.9. The SMILES string of the molecule is Cc1cn2ccnc(C(=O)NCC(C3CC3)N(C)C(=O)C3(F)CCCC3)c2n1. The monoisotopic (exact) mass is 387 g/mol. The number of rotatable bonds is 6. The zero-order valence-electron chi connectivity index (χ0n) is 16.3. The van der Waals surface area contributed by atoms with E-state index in [9.17, 15) is 14.0 Å². The summed E-state index contributed by atoms with van der Waals surface area (Å²) in [6.45, 7) is 2.14. The highest BCUT2D eigenvalue weighted by Gasteiger charge is 2.46. The van der Waals surface area contributed by atoms with Crippen molar-refractivity contribution in [3.05, 3.63) is 30.0 Å². The molecule has 0 radical (unpaired) electrons. The second-order valence-electron chi connectivity index (χ2n) is 8.09. The van der Waals surface area contributed by atoms with Crippen LogP contribution in [-0.2, 0) is 4.79 Å². The topological polar surface area (TPSA) is 79.6 Å². The molecule has 2 amide bonds. The molecule has 0 spiro atoms. The Morgan fingerprint density at radius 1 is 1.39 bits per heavy atom. The lowest BCUT2D eigenvalue weighted by Crippen LogP contribution is -2.52. The number of hydrogen-bond acceptors (Lipinski definition) is 4. The van der Waals surface area contributed by atoms with Gasteiger partial charge in [0.05, 0.1) is 11.7 Å². The lowest BCUT2D eigenvalue weighted by atomic mass is 10.0. The highest BCUT2D eigenvalue weighted by Crippen LogP contribution is 2.39. The van der Waals surface area contributed by atoms with Gasteiger partial charge in [0.1, 0.15) is 0 Å². The lowest BCUT2D eigenvalue weighted by molar-refractivity contribution is -0.144. The predicted molar refractivity (Wildman–Crippen MR) is 102 cm³/mol. The third-order valence-corrected chi connectivity index (χ3v) is 5.95. The Bertz CT molecular complexity index is 901. The van der Waals surface area contributed by atoms with Gasteiger partial charge in [0, 0.05) is 32.2 Å². The Hall–Kier alpha value is -2.51. The van der Waals surface area contributed by atoms with Crippen molar-refractivity contribution in [3.8, 4) is 0 Å². The first-order chi connectivity index (χ1) is 13.4. The van der Waals surface area contributed by atoms with Crippen LogP contribution in [0.2, 0.25) is 0 Å². The van der Waals surface area contributed by atoms with Gasteiger partial charge < -0.3 is 14.6 Å². The molecule has 7 nitrogen and oxygen atoms in total. The minimum absolute atomic E-state index is 0.203. The van der Waals surface area contributed by atoms with Gasteiger partial charge in [-0.05, 0) is 51.4 Å². The quantitative estimate of drug-likeness (QED) is 0.825. The molecule has 0 aromatic carbocycles. The van der Waals surface area contributed by atoms with Crippen molar-refractivity contribution < 1.29 is 14.0 Å². The molecule has 1 atom stereocenters. The first kappa shape index (κ1) is 18.8. The van der Waals surface area contributed by atoms with Crippen LogP contribution < -0.4 is 5.32 Å². The number of likely N-dealkylation sites (N-methyl/N-ethyl adjacent to an activating group) is 1. The summed E-state index contributed by atoms with van der Waals surface area (Å²) in [6, 6.07) is -0.203. The molecule has 0 aliphatic heterocycles. The molecule has 2 saturated carbocycles. The number of fused-ring (bicyclic) bond motifs is 1. The van der Waals surface area contributed by atoms with Crippen LogP contribution >= 0.6 is 0 Å². The number of halogens is 1. The Balaban J connectivity index is 1.46. The molecule has 28 heavy (non-hydrogen) atoms. The molecule has 8 heteroatoms. The number of nitrogens with one attached hydrogen (secondary N) is 1. The van der Waals surface area contributed by atoms with E-state index in [-0.39, 0.29) is 24.2 Å². The maximum absolute atomic E-state index is 14.9. The summed E-state index contributed by atoms with van der Waals surface area (Å²) in [5.74, 6) is -0.476. The van der Waals surface area contributed by atoms with Crippen LogP contribution in [0.5, 0.6) is 0 Å². The van der Waals surface area contributed by atoms with E-state index in [1.807, 2.05) is 13.1 Å². The molecule has 150 valence electrons. The minimum atomic E-state index is -1.74. The number of carbonyl (C=O) groups excluding carboxylic acids is 2. The van der Waals surface area contributed by atoms with E-state index in [0.717, 1.165) is 31.4 Å². The van der Waals surface area contributed by atoms with Crippen molar-refractivity contribution in [2.45, 2.75) is 57.2 Å². The molecule has 1 unspecified atom stereocenters. The van der Waals surface area contributed by atoms with Gasteiger partial charge in [-0.2, -0.15) is 0 Å². The van der Waals surface area contributed by atoms with E-state index in [0.29, 0.717) is 24.4 Å². The zero-order valence-corrected chi connectivity index (χ0v) is 16.3. The van der Waals surface area contributed by atoms with Crippen molar-refractivity contribution in [1.29, 1.82) is 0 Å². The van der Waals surface area contributed by atoms with E-state index in [1.54, 1.807) is 23.8 Å². The second kappa shape index (κ2) is 7.14. The molecule has 2 aromatic heterocycles. The summed E-state index contributed by atoms with van der Waals surface area (Å²) in [5, 5.41) is 2.89. The van der Waals surface area contributed by atoms with Crippen molar-refractivity contribution in [1.82, 2.24) is 24.6 Å². The minimum Gasteiger partial charge on any atom is -0.348 e. The number of nitrogens with zero attached hydrogens (tertiary/aromatic N) is 4. The summed E-state index contributed by atoms with van der Waals surface area (Å²) < 4.78 is 16.7. The summed E-state index contributed by atoms with van der Waals surface area (Å²) in [6.07, 6.45) is 9.21. The van der Waals surface area contributed by atoms with Crippen LogP contribution in [-0.4, -0.2) is 56.4 Å². The smallest absolute Gasteiger partial charge is 0.273 e. The van der Waals surface area contributed by atoms with E-state index < -0.39 is 11.6 Å². The van der Waals surface area contributed by atoms with Gasteiger partial charge in [-0.15, -0.1) is 0 Å². The Kier molecular flexibility index (Phi) is 4.81. The van der Waals surface area contributed by atoms with Crippen LogP contribution in [0.1, 0.15) is 54.7 Å². The summed E-state index contributed by atoms with van der Waals surface area (Å²) >= 11 is 0. The number of imidazole rings is 1. The van der Waals surface area contributed by atoms with Crippen molar-refractivity contribution in [2.24, 2.45) is 5.92 Å². The van der Waals surface area contributed by atoms with Crippen LogP contribution in [0.15, 0.2) is 18.6 Å². The molecular formula is C20H26FN5O2. The summed E-state index contributed by atoms with van der Waals surface area (Å²) in [7, 11) is 1.66. The molecule has 2 aliphatic rings. The predicted octanol–water partition coefficient (Wildman–Crippen LogP) is 2.29. The fourth-order valence-corrected chi connectivity index (χ4v) is 4.20. The number of amides is 2. The van der Waals surface area contributed by atoms with Gasteiger partial charge in [0.15, 0.2) is 17.0 Å². The number of alkyl halides is 1. The van der Waals surface area contributed by atoms with Gasteiger partial charge in [-0.3, -0.25) is 9.59 Å². The van der Waals surface area contributed by atoms with Gasteiger partial charge in [-0.1, -0.05) is 0 Å². The Morgan fingerprint density at radius 2 is 2.11 bits per heavy atom. The van der Waals surface area contributed by atoms with Crippen molar-refractivity contribution in [3.63, 3.8) is 0 Å². The van der Waals surface area contributed by atoms with Crippen LogP contribution in [0, 0.1) is 12.8 Å². The maximum Gasteiger partial charge on any atom is 0.273 e. The van der Waals surface area contributed by atoms with Gasteiger partial charge in [-0.25, -0.2) is 14.4 Å². The van der Waals surface area contributed by atoms with Crippen LogP contribution in [0.4, 0.5) is 4.39 Å². The largest absolute Gasteiger partial charge is 0.348 e. The third kappa shape index (κ3) is 3.47. The Labute approximate surface area is 163 Å². The first-order valence-corrected chi connectivity index (χ1v) is 9.94. The molecule has 2 fully saturated rings. The molecule has 2 heterocycles. The second-order valence-corrected chi connectivity index (χ2v) is 8.09. The highest BCUT2D eigenvalue weighted by molar-refractivity contribution is 5.97. The van der Waals surface area contributed by atoms with E-state index >= 15 is 0 Å². The number of carbonyl (C=O) groups is 2. The van der Waals surface area contributed by atoms with Crippen LogP contribution in [0.25, 0.3) is 5.65 Å². The molecule has 4 rings (SSSR count). The molecule has 0 saturated heterocycles. The van der Waals surface area contributed by atoms with Gasteiger partial charge in [0.2, 0.25) is 0 Å². The standard InChI is InChI=1S/C20H26FN5O2/c1-13-12-26-10-9-22-16(17(26)24-13)18(27)23-11-15(14-5-6-14)25(2)19(28)20(21)7-3-4-8-20/h9-10,12,14-15H,3-8,11H2,1-2H3,(H,23,27). The number of aromatic nitrogens is 3. The fourth-order valence-electron chi connectivity index (χ4n) is 4.20. The third-order valence-electron chi connectivity index (χ3n) is 5.95. The average molecular weight is 387 g/mol.